The zero-order chi connectivity index (χ0) is 14.6. The largest absolute Gasteiger partial charge is 0.331 e. The third-order valence-corrected chi connectivity index (χ3v) is 5.08. The minimum atomic E-state index is -2.97. The fourth-order valence-electron chi connectivity index (χ4n) is 2.35. The van der Waals surface area contributed by atoms with E-state index >= 15 is 0 Å². The lowest BCUT2D eigenvalue weighted by Gasteiger charge is -2.05. The van der Waals surface area contributed by atoms with Crippen LogP contribution in [0.4, 0.5) is 0 Å². The van der Waals surface area contributed by atoms with Crippen LogP contribution < -0.4 is 5.32 Å². The zero-order valence-corrected chi connectivity index (χ0v) is 12.8. The van der Waals surface area contributed by atoms with Gasteiger partial charge in [0.2, 0.25) is 0 Å². The first kappa shape index (κ1) is 15.0. The number of fused-ring (bicyclic) bond motifs is 1. The highest BCUT2D eigenvalue weighted by atomic mass is 32.2. The van der Waals surface area contributed by atoms with Crippen molar-refractivity contribution in [2.24, 2.45) is 0 Å². The highest BCUT2D eigenvalue weighted by molar-refractivity contribution is 7.91. The SMILES string of the molecule is CCCS(=O)(=O)CCn1cc(CNC)c2cccnc21. The molecule has 0 radical (unpaired) electrons. The summed E-state index contributed by atoms with van der Waals surface area (Å²) in [5.41, 5.74) is 1.99. The van der Waals surface area contributed by atoms with Crippen molar-refractivity contribution in [1.82, 2.24) is 14.9 Å². The number of hydrogen-bond acceptors (Lipinski definition) is 4. The van der Waals surface area contributed by atoms with E-state index in [0.29, 0.717) is 13.0 Å². The van der Waals surface area contributed by atoms with Crippen LogP contribution in [0.25, 0.3) is 11.0 Å². The zero-order valence-electron chi connectivity index (χ0n) is 12.0. The van der Waals surface area contributed by atoms with Gasteiger partial charge in [0, 0.05) is 36.6 Å². The maximum absolute atomic E-state index is 11.8. The second-order valence-electron chi connectivity index (χ2n) is 4.90. The van der Waals surface area contributed by atoms with Crippen LogP contribution in [-0.2, 0) is 22.9 Å². The summed E-state index contributed by atoms with van der Waals surface area (Å²) < 4.78 is 25.6. The first-order chi connectivity index (χ1) is 9.57. The van der Waals surface area contributed by atoms with Crippen LogP contribution in [0.15, 0.2) is 24.5 Å². The van der Waals surface area contributed by atoms with Crippen LogP contribution >= 0.6 is 0 Å². The summed E-state index contributed by atoms with van der Waals surface area (Å²) in [7, 11) is -1.07. The Kier molecular flexibility index (Phi) is 4.77. The summed E-state index contributed by atoms with van der Waals surface area (Å²) in [5, 5.41) is 4.20. The molecular weight excluding hydrogens is 274 g/mol. The number of hydrogen-bond donors (Lipinski definition) is 1. The smallest absolute Gasteiger partial charge is 0.152 e. The number of pyridine rings is 1. The van der Waals surface area contributed by atoms with Crippen molar-refractivity contribution >= 4 is 20.9 Å². The quantitative estimate of drug-likeness (QED) is 0.842. The molecule has 5 nitrogen and oxygen atoms in total. The van der Waals surface area contributed by atoms with Gasteiger partial charge in [-0.2, -0.15) is 0 Å². The lowest BCUT2D eigenvalue weighted by Crippen LogP contribution is -2.15. The molecular formula is C14H21N3O2S. The number of sulfone groups is 1. The highest BCUT2D eigenvalue weighted by Crippen LogP contribution is 2.19. The van der Waals surface area contributed by atoms with Crippen molar-refractivity contribution < 1.29 is 8.42 Å². The molecule has 0 aliphatic carbocycles. The van der Waals surface area contributed by atoms with Crippen LogP contribution in [-0.4, -0.2) is 36.5 Å². The van der Waals surface area contributed by atoms with Crippen LogP contribution in [0.1, 0.15) is 18.9 Å². The monoisotopic (exact) mass is 295 g/mol. The standard InChI is InChI=1S/C14H21N3O2S/c1-3-8-20(18,19)9-7-17-11-12(10-15-2)13-5-4-6-16-14(13)17/h4-6,11,15H,3,7-10H2,1-2H3. The fraction of sp³-hybridized carbons (Fsp3) is 0.500. The molecule has 0 unspecified atom stereocenters. The lowest BCUT2D eigenvalue weighted by atomic mass is 10.2. The Morgan fingerprint density at radius 1 is 1.35 bits per heavy atom. The van der Waals surface area contributed by atoms with E-state index in [2.05, 4.69) is 10.3 Å². The minimum absolute atomic E-state index is 0.167. The first-order valence-electron chi connectivity index (χ1n) is 6.85. The normalized spacial score (nSPS) is 12.1. The van der Waals surface area contributed by atoms with Gasteiger partial charge >= 0.3 is 0 Å². The summed E-state index contributed by atoms with van der Waals surface area (Å²) in [6, 6.07) is 3.92. The van der Waals surface area contributed by atoms with Crippen molar-refractivity contribution in [1.29, 1.82) is 0 Å². The topological polar surface area (TPSA) is 64.0 Å². The Morgan fingerprint density at radius 2 is 2.15 bits per heavy atom. The summed E-state index contributed by atoms with van der Waals surface area (Å²) in [6.45, 7) is 3.09. The molecule has 0 spiro atoms. The summed E-state index contributed by atoms with van der Waals surface area (Å²) >= 11 is 0. The van der Waals surface area contributed by atoms with E-state index in [1.807, 2.05) is 36.9 Å². The third kappa shape index (κ3) is 3.37. The molecule has 2 heterocycles. The Hall–Kier alpha value is -1.40. The minimum Gasteiger partial charge on any atom is -0.331 e. The van der Waals surface area contributed by atoms with Gasteiger partial charge in [-0.25, -0.2) is 13.4 Å². The number of rotatable bonds is 7. The van der Waals surface area contributed by atoms with Crippen LogP contribution in [0, 0.1) is 0 Å². The third-order valence-electron chi connectivity index (χ3n) is 3.24. The van der Waals surface area contributed by atoms with Crippen LogP contribution in [0.2, 0.25) is 0 Å². The van der Waals surface area contributed by atoms with Gasteiger partial charge in [0.25, 0.3) is 0 Å². The predicted octanol–water partition coefficient (Wildman–Crippen LogP) is 1.58. The van der Waals surface area contributed by atoms with Crippen molar-refractivity contribution in [3.63, 3.8) is 0 Å². The number of nitrogens with one attached hydrogen (secondary N) is 1. The molecule has 1 N–H and O–H groups in total. The summed E-state index contributed by atoms with van der Waals surface area (Å²) in [5.74, 6) is 0.420. The predicted molar refractivity (Wildman–Crippen MR) is 81.4 cm³/mol. The Balaban J connectivity index is 2.26. The molecule has 2 rings (SSSR count). The van der Waals surface area contributed by atoms with Gasteiger partial charge in [-0.15, -0.1) is 0 Å². The molecule has 0 saturated carbocycles. The number of nitrogens with zero attached hydrogens (tertiary/aromatic N) is 2. The van der Waals surface area contributed by atoms with Gasteiger partial charge in [0.1, 0.15) is 5.65 Å². The molecule has 0 aliphatic heterocycles. The van der Waals surface area contributed by atoms with Crippen molar-refractivity contribution in [3.05, 3.63) is 30.1 Å². The molecule has 0 aliphatic rings. The Morgan fingerprint density at radius 3 is 2.85 bits per heavy atom. The molecule has 0 bridgehead atoms. The maximum atomic E-state index is 11.8. The molecule has 20 heavy (non-hydrogen) atoms. The van der Waals surface area contributed by atoms with Crippen molar-refractivity contribution in [2.75, 3.05) is 18.6 Å². The van der Waals surface area contributed by atoms with E-state index in [-0.39, 0.29) is 11.5 Å². The Bertz CT molecular complexity index is 677. The second kappa shape index (κ2) is 6.37. The molecule has 0 atom stereocenters. The molecule has 110 valence electrons. The van der Waals surface area contributed by atoms with Gasteiger partial charge in [0.05, 0.1) is 5.75 Å². The van der Waals surface area contributed by atoms with E-state index in [0.717, 1.165) is 23.1 Å². The molecule has 0 amide bonds. The van der Waals surface area contributed by atoms with Gasteiger partial charge in [-0.1, -0.05) is 6.92 Å². The number of aryl methyl sites for hydroxylation is 1. The second-order valence-corrected chi connectivity index (χ2v) is 7.21. The van der Waals surface area contributed by atoms with Crippen LogP contribution in [0.5, 0.6) is 0 Å². The van der Waals surface area contributed by atoms with E-state index in [1.54, 1.807) is 6.20 Å². The van der Waals surface area contributed by atoms with Gasteiger partial charge < -0.3 is 9.88 Å². The van der Waals surface area contributed by atoms with Crippen molar-refractivity contribution in [3.8, 4) is 0 Å². The Labute approximate surface area is 119 Å². The first-order valence-corrected chi connectivity index (χ1v) is 8.67. The summed E-state index contributed by atoms with van der Waals surface area (Å²) in [6.07, 6.45) is 4.40. The molecule has 2 aromatic rings. The van der Waals surface area contributed by atoms with E-state index in [1.165, 1.54) is 0 Å². The van der Waals surface area contributed by atoms with E-state index in [4.69, 9.17) is 0 Å². The van der Waals surface area contributed by atoms with Gasteiger partial charge in [-0.3, -0.25) is 0 Å². The molecule has 0 fully saturated rings. The van der Waals surface area contributed by atoms with Gasteiger partial charge in [0.15, 0.2) is 9.84 Å². The van der Waals surface area contributed by atoms with Gasteiger partial charge in [-0.05, 0) is 31.2 Å². The summed E-state index contributed by atoms with van der Waals surface area (Å²) in [4.78, 5) is 4.37. The molecule has 0 saturated heterocycles. The lowest BCUT2D eigenvalue weighted by molar-refractivity contribution is 0.588. The van der Waals surface area contributed by atoms with E-state index < -0.39 is 9.84 Å². The molecule has 2 aromatic heterocycles. The van der Waals surface area contributed by atoms with E-state index in [9.17, 15) is 8.42 Å². The van der Waals surface area contributed by atoms with Crippen molar-refractivity contribution in [2.45, 2.75) is 26.4 Å². The maximum Gasteiger partial charge on any atom is 0.152 e. The average molecular weight is 295 g/mol. The number of aromatic nitrogens is 2. The molecule has 6 heteroatoms. The molecule has 0 aromatic carbocycles. The average Bonchev–Trinajstić information content (AvgIpc) is 2.76. The highest BCUT2D eigenvalue weighted by Gasteiger charge is 2.13. The van der Waals surface area contributed by atoms with Crippen LogP contribution in [0.3, 0.4) is 0 Å². The fourth-order valence-corrected chi connectivity index (χ4v) is 3.65.